The Hall–Kier alpha value is -0.280. The third-order valence-electron chi connectivity index (χ3n) is 3.35. The maximum absolute atomic E-state index is 5.92. The largest absolute Gasteiger partial charge is 0.352 e. The number of aromatic nitrogens is 1. The first-order valence-electron chi connectivity index (χ1n) is 6.25. The van der Waals surface area contributed by atoms with Gasteiger partial charge in [0.05, 0.1) is 0 Å². The van der Waals surface area contributed by atoms with Gasteiger partial charge in [0.25, 0.3) is 0 Å². The van der Waals surface area contributed by atoms with Crippen molar-refractivity contribution < 1.29 is 0 Å². The van der Waals surface area contributed by atoms with E-state index in [4.69, 9.17) is 11.6 Å². The van der Waals surface area contributed by atoms with E-state index in [1.807, 2.05) is 12.3 Å². The molecule has 0 radical (unpaired) electrons. The number of pyridine rings is 1. The molecular formula is C13H18BrClN2. The fraction of sp³-hybridized carbons (Fsp3) is 0.615. The lowest BCUT2D eigenvalue weighted by molar-refractivity contribution is 0.416. The van der Waals surface area contributed by atoms with Gasteiger partial charge >= 0.3 is 0 Å². The van der Waals surface area contributed by atoms with E-state index in [1.165, 1.54) is 32.1 Å². The van der Waals surface area contributed by atoms with E-state index in [1.54, 1.807) is 0 Å². The minimum Gasteiger partial charge on any atom is -0.352 e. The second kappa shape index (κ2) is 6.60. The van der Waals surface area contributed by atoms with Crippen LogP contribution < -0.4 is 4.90 Å². The van der Waals surface area contributed by atoms with Crippen molar-refractivity contribution in [1.29, 1.82) is 0 Å². The first-order valence-corrected chi connectivity index (χ1v) is 7.58. The zero-order valence-corrected chi connectivity index (χ0v) is 12.3. The molecule has 1 aliphatic carbocycles. The van der Waals surface area contributed by atoms with Gasteiger partial charge in [-0.1, -0.05) is 19.3 Å². The van der Waals surface area contributed by atoms with E-state index in [9.17, 15) is 0 Å². The van der Waals surface area contributed by atoms with Crippen molar-refractivity contribution in [2.24, 2.45) is 0 Å². The summed E-state index contributed by atoms with van der Waals surface area (Å²) in [7, 11) is 0. The third-order valence-corrected chi connectivity index (χ3v) is 3.99. The van der Waals surface area contributed by atoms with Crippen molar-refractivity contribution in [3.63, 3.8) is 0 Å². The van der Waals surface area contributed by atoms with Crippen LogP contribution >= 0.6 is 27.5 Å². The molecule has 2 nitrogen and oxygen atoms in total. The van der Waals surface area contributed by atoms with Crippen molar-refractivity contribution >= 4 is 33.3 Å². The van der Waals surface area contributed by atoms with Crippen LogP contribution in [0.4, 0.5) is 5.82 Å². The lowest BCUT2D eigenvalue weighted by Crippen LogP contribution is -2.38. The summed E-state index contributed by atoms with van der Waals surface area (Å²) in [5.74, 6) is 1.72. The van der Waals surface area contributed by atoms with Crippen molar-refractivity contribution in [2.75, 3.05) is 17.3 Å². The molecular weight excluding hydrogens is 300 g/mol. The molecule has 0 spiro atoms. The van der Waals surface area contributed by atoms with Crippen LogP contribution in [0.25, 0.3) is 0 Å². The molecule has 0 N–H and O–H groups in total. The molecule has 0 aliphatic heterocycles. The van der Waals surface area contributed by atoms with Crippen molar-refractivity contribution in [2.45, 2.75) is 38.1 Å². The highest BCUT2D eigenvalue weighted by Crippen LogP contribution is 2.26. The zero-order chi connectivity index (χ0) is 12.1. The molecule has 1 aromatic rings. The summed E-state index contributed by atoms with van der Waals surface area (Å²) >= 11 is 9.34. The Morgan fingerprint density at radius 2 is 2.06 bits per heavy atom. The van der Waals surface area contributed by atoms with Crippen molar-refractivity contribution in [3.05, 3.63) is 22.8 Å². The van der Waals surface area contributed by atoms with Gasteiger partial charge in [0.1, 0.15) is 5.82 Å². The minimum absolute atomic E-state index is 0.621. The minimum atomic E-state index is 0.621. The van der Waals surface area contributed by atoms with Crippen LogP contribution in [-0.4, -0.2) is 23.5 Å². The van der Waals surface area contributed by atoms with Crippen LogP contribution in [0, 0.1) is 0 Å². The molecule has 0 saturated heterocycles. The van der Waals surface area contributed by atoms with Crippen LogP contribution in [0.2, 0.25) is 0 Å². The van der Waals surface area contributed by atoms with Gasteiger partial charge in [-0.05, 0) is 40.9 Å². The van der Waals surface area contributed by atoms with Crippen LogP contribution in [0.3, 0.4) is 0 Å². The highest BCUT2D eigenvalue weighted by Gasteiger charge is 2.21. The predicted molar refractivity (Wildman–Crippen MR) is 76.9 cm³/mol. The Kier molecular flexibility index (Phi) is 5.11. The molecule has 2 rings (SSSR count). The third kappa shape index (κ3) is 3.59. The summed E-state index contributed by atoms with van der Waals surface area (Å²) in [6.07, 6.45) is 8.45. The second-order valence-corrected chi connectivity index (χ2v) is 5.80. The zero-order valence-electron chi connectivity index (χ0n) is 9.91. The van der Waals surface area contributed by atoms with Crippen LogP contribution in [0.5, 0.6) is 0 Å². The summed E-state index contributed by atoms with van der Waals surface area (Å²) in [6, 6.07) is 4.74. The summed E-state index contributed by atoms with van der Waals surface area (Å²) in [6.45, 7) is 0.890. The van der Waals surface area contributed by atoms with Gasteiger partial charge in [-0.25, -0.2) is 4.98 Å². The Balaban J connectivity index is 2.12. The lowest BCUT2D eigenvalue weighted by Gasteiger charge is -2.34. The molecule has 0 unspecified atom stereocenters. The molecule has 0 atom stereocenters. The molecule has 94 valence electrons. The Bertz CT molecular complexity index is 336. The number of hydrogen-bond acceptors (Lipinski definition) is 2. The lowest BCUT2D eigenvalue weighted by atomic mass is 9.94. The summed E-state index contributed by atoms with van der Waals surface area (Å²) < 4.78 is 1.02. The van der Waals surface area contributed by atoms with E-state index in [0.717, 1.165) is 16.8 Å². The SMILES string of the molecule is ClCCN(c1ccc(Br)cn1)C1CCCCC1. The average Bonchev–Trinajstić information content (AvgIpc) is 2.38. The molecule has 0 bridgehead atoms. The summed E-state index contributed by atoms with van der Waals surface area (Å²) in [4.78, 5) is 6.87. The maximum Gasteiger partial charge on any atom is 0.128 e. The van der Waals surface area contributed by atoms with Gasteiger partial charge in [0.15, 0.2) is 0 Å². The van der Waals surface area contributed by atoms with Gasteiger partial charge in [-0.3, -0.25) is 0 Å². The highest BCUT2D eigenvalue weighted by atomic mass is 79.9. The first-order chi connectivity index (χ1) is 8.31. The van der Waals surface area contributed by atoms with E-state index in [-0.39, 0.29) is 0 Å². The quantitative estimate of drug-likeness (QED) is 0.773. The number of anilines is 1. The van der Waals surface area contributed by atoms with Crippen molar-refractivity contribution in [1.82, 2.24) is 4.98 Å². The van der Waals surface area contributed by atoms with E-state index in [0.29, 0.717) is 11.9 Å². The van der Waals surface area contributed by atoms with E-state index < -0.39 is 0 Å². The number of halogens is 2. The number of alkyl halides is 1. The van der Waals surface area contributed by atoms with E-state index >= 15 is 0 Å². The number of nitrogens with zero attached hydrogens (tertiary/aromatic N) is 2. The standard InChI is InChI=1S/C13H18BrClN2/c14-11-6-7-13(16-10-11)17(9-8-15)12-4-2-1-3-5-12/h6-7,10,12H,1-5,8-9H2. The Morgan fingerprint density at radius 3 is 2.65 bits per heavy atom. The summed E-state index contributed by atoms with van der Waals surface area (Å²) in [5.41, 5.74) is 0. The molecule has 4 heteroatoms. The highest BCUT2D eigenvalue weighted by molar-refractivity contribution is 9.10. The molecule has 1 heterocycles. The van der Waals surface area contributed by atoms with Crippen LogP contribution in [-0.2, 0) is 0 Å². The molecule has 1 fully saturated rings. The molecule has 1 aliphatic rings. The number of rotatable bonds is 4. The molecule has 17 heavy (non-hydrogen) atoms. The molecule has 1 saturated carbocycles. The number of hydrogen-bond donors (Lipinski definition) is 0. The smallest absolute Gasteiger partial charge is 0.128 e. The van der Waals surface area contributed by atoms with Gasteiger partial charge in [0, 0.05) is 29.1 Å². The maximum atomic E-state index is 5.92. The van der Waals surface area contributed by atoms with Crippen LogP contribution in [0.1, 0.15) is 32.1 Å². The van der Waals surface area contributed by atoms with E-state index in [2.05, 4.69) is 31.9 Å². The predicted octanol–water partition coefficient (Wildman–Crippen LogP) is 4.22. The topological polar surface area (TPSA) is 16.1 Å². The van der Waals surface area contributed by atoms with Gasteiger partial charge in [-0.2, -0.15) is 0 Å². The molecule has 1 aromatic heterocycles. The second-order valence-electron chi connectivity index (χ2n) is 4.51. The Morgan fingerprint density at radius 1 is 1.29 bits per heavy atom. The fourth-order valence-corrected chi connectivity index (χ4v) is 2.92. The average molecular weight is 318 g/mol. The summed E-state index contributed by atoms with van der Waals surface area (Å²) in [5, 5.41) is 0. The monoisotopic (exact) mass is 316 g/mol. The normalized spacial score (nSPS) is 17.1. The molecule has 0 amide bonds. The van der Waals surface area contributed by atoms with Gasteiger partial charge in [-0.15, -0.1) is 11.6 Å². The first kappa shape index (κ1) is 13.2. The van der Waals surface area contributed by atoms with Crippen molar-refractivity contribution in [3.8, 4) is 0 Å². The Labute approximate surface area is 116 Å². The van der Waals surface area contributed by atoms with Gasteiger partial charge in [0.2, 0.25) is 0 Å². The fourth-order valence-electron chi connectivity index (χ4n) is 2.51. The van der Waals surface area contributed by atoms with Crippen LogP contribution in [0.15, 0.2) is 22.8 Å². The molecule has 0 aromatic carbocycles. The van der Waals surface area contributed by atoms with Gasteiger partial charge < -0.3 is 4.90 Å².